The zero-order chi connectivity index (χ0) is 17.3. The summed E-state index contributed by atoms with van der Waals surface area (Å²) in [7, 11) is 0. The van der Waals surface area contributed by atoms with Crippen LogP contribution in [0.2, 0.25) is 0 Å². The van der Waals surface area contributed by atoms with Gasteiger partial charge in [-0.1, -0.05) is 25.9 Å². The first kappa shape index (κ1) is 16.3. The van der Waals surface area contributed by atoms with Crippen LogP contribution in [0.15, 0.2) is 27.8 Å². The molecule has 0 saturated heterocycles. The molecule has 0 fully saturated rings. The summed E-state index contributed by atoms with van der Waals surface area (Å²) in [5.74, 6) is 0.674. The second kappa shape index (κ2) is 6.14. The number of oxime groups is 1. The number of urea groups is 1. The Morgan fingerprint density at radius 1 is 1.38 bits per heavy atom. The number of amides is 2. The summed E-state index contributed by atoms with van der Waals surface area (Å²) in [4.78, 5) is 21.7. The van der Waals surface area contributed by atoms with Crippen molar-refractivity contribution in [2.45, 2.75) is 45.6 Å². The van der Waals surface area contributed by atoms with Crippen molar-refractivity contribution < 1.29 is 14.0 Å². The lowest BCUT2D eigenvalue weighted by molar-refractivity contribution is 0.0870. The fraction of sp³-hybridized carbons (Fsp3) is 0.471. The normalized spacial score (nSPS) is 17.5. The summed E-state index contributed by atoms with van der Waals surface area (Å²) >= 11 is 0. The lowest BCUT2D eigenvalue weighted by Crippen LogP contribution is -2.35. The molecule has 24 heavy (non-hydrogen) atoms. The van der Waals surface area contributed by atoms with Gasteiger partial charge in [-0.15, -0.1) is 0 Å². The largest absolute Gasteiger partial charge is 0.440 e. The molecular formula is C17H22N4O3. The highest BCUT2D eigenvalue weighted by Crippen LogP contribution is 2.27. The Labute approximate surface area is 140 Å². The van der Waals surface area contributed by atoms with Crippen LogP contribution in [0.4, 0.5) is 10.5 Å². The molecular weight excluding hydrogens is 308 g/mol. The topological polar surface area (TPSA) is 88.8 Å². The van der Waals surface area contributed by atoms with Crippen LogP contribution < -0.4 is 10.6 Å². The number of anilines is 1. The van der Waals surface area contributed by atoms with Crippen LogP contribution in [0.3, 0.4) is 0 Å². The predicted octanol–water partition coefficient (Wildman–Crippen LogP) is 3.41. The maximum Gasteiger partial charge on any atom is 0.319 e. The van der Waals surface area contributed by atoms with E-state index in [9.17, 15) is 4.79 Å². The summed E-state index contributed by atoms with van der Waals surface area (Å²) in [5, 5.41) is 9.43. The standard InChI is InChI=1S/C17H22N4O3/c1-10-7-12(24-21-10)9-18-16(22)19-11-5-6-14-13(8-11)20-15(23-14)17(2,3)4/h5-6,8,12H,7,9H2,1-4H3,(H2,18,19,22). The molecule has 1 unspecified atom stereocenters. The lowest BCUT2D eigenvalue weighted by Gasteiger charge is -2.11. The Morgan fingerprint density at radius 3 is 2.83 bits per heavy atom. The van der Waals surface area contributed by atoms with Crippen LogP contribution in [0.1, 0.15) is 40.0 Å². The van der Waals surface area contributed by atoms with E-state index in [1.54, 1.807) is 12.1 Å². The van der Waals surface area contributed by atoms with Crippen LogP contribution >= 0.6 is 0 Å². The van der Waals surface area contributed by atoms with Crippen LogP contribution in [0.25, 0.3) is 11.1 Å². The molecule has 1 aromatic heterocycles. The molecule has 128 valence electrons. The Bertz CT molecular complexity index is 789. The molecule has 7 nitrogen and oxygen atoms in total. The van der Waals surface area contributed by atoms with Crippen molar-refractivity contribution in [3.63, 3.8) is 0 Å². The number of fused-ring (bicyclic) bond motifs is 1. The van der Waals surface area contributed by atoms with E-state index in [-0.39, 0.29) is 17.6 Å². The van der Waals surface area contributed by atoms with E-state index in [0.717, 1.165) is 17.6 Å². The number of rotatable bonds is 3. The molecule has 0 radical (unpaired) electrons. The van der Waals surface area contributed by atoms with Gasteiger partial charge in [0.2, 0.25) is 5.89 Å². The number of carbonyl (C=O) groups is 1. The zero-order valence-corrected chi connectivity index (χ0v) is 14.3. The van der Waals surface area contributed by atoms with Gasteiger partial charge in [0.05, 0.1) is 12.3 Å². The van der Waals surface area contributed by atoms with Gasteiger partial charge in [-0.05, 0) is 25.1 Å². The predicted molar refractivity (Wildman–Crippen MR) is 92.3 cm³/mol. The second-order valence-electron chi connectivity index (χ2n) is 7.04. The minimum atomic E-state index is -0.290. The van der Waals surface area contributed by atoms with Crippen molar-refractivity contribution >= 4 is 28.5 Å². The van der Waals surface area contributed by atoms with Gasteiger partial charge in [-0.25, -0.2) is 9.78 Å². The molecule has 0 spiro atoms. The Balaban J connectivity index is 1.61. The Morgan fingerprint density at radius 2 is 2.17 bits per heavy atom. The third-order valence-electron chi connectivity index (χ3n) is 3.66. The summed E-state index contributed by atoms with van der Waals surface area (Å²) in [6.07, 6.45) is 0.643. The number of carbonyl (C=O) groups excluding carboxylic acids is 1. The highest BCUT2D eigenvalue weighted by atomic mass is 16.6. The highest BCUT2D eigenvalue weighted by molar-refractivity contribution is 5.91. The van der Waals surface area contributed by atoms with Gasteiger partial charge in [0.25, 0.3) is 0 Å². The van der Waals surface area contributed by atoms with Crippen molar-refractivity contribution in [1.29, 1.82) is 0 Å². The minimum Gasteiger partial charge on any atom is -0.440 e. The van der Waals surface area contributed by atoms with Gasteiger partial charge in [-0.3, -0.25) is 0 Å². The average Bonchev–Trinajstić information content (AvgIpc) is 3.10. The SMILES string of the molecule is CC1=NOC(CNC(=O)Nc2ccc3oc(C(C)(C)C)nc3c2)C1. The van der Waals surface area contributed by atoms with E-state index in [2.05, 4.69) is 20.8 Å². The average molecular weight is 330 g/mol. The quantitative estimate of drug-likeness (QED) is 0.902. The van der Waals surface area contributed by atoms with Crippen molar-refractivity contribution in [2.24, 2.45) is 5.16 Å². The molecule has 2 N–H and O–H groups in total. The van der Waals surface area contributed by atoms with Crippen molar-refractivity contribution in [1.82, 2.24) is 10.3 Å². The first-order valence-electron chi connectivity index (χ1n) is 7.96. The number of oxazole rings is 1. The van der Waals surface area contributed by atoms with Crippen LogP contribution in [0.5, 0.6) is 0 Å². The molecule has 7 heteroatoms. The minimum absolute atomic E-state index is 0.0943. The molecule has 3 rings (SSSR count). The van der Waals surface area contributed by atoms with E-state index in [1.165, 1.54) is 0 Å². The Hall–Kier alpha value is -2.57. The first-order chi connectivity index (χ1) is 11.3. The fourth-order valence-corrected chi connectivity index (χ4v) is 2.39. The first-order valence-corrected chi connectivity index (χ1v) is 7.96. The molecule has 0 aliphatic carbocycles. The second-order valence-corrected chi connectivity index (χ2v) is 7.04. The smallest absolute Gasteiger partial charge is 0.319 e. The zero-order valence-electron chi connectivity index (χ0n) is 14.3. The molecule has 2 amide bonds. The summed E-state index contributed by atoms with van der Waals surface area (Å²) in [6.45, 7) is 8.44. The molecule has 0 bridgehead atoms. The molecule has 1 atom stereocenters. The van der Waals surface area contributed by atoms with Gasteiger partial charge in [0.1, 0.15) is 11.6 Å². The summed E-state index contributed by atoms with van der Waals surface area (Å²) < 4.78 is 5.75. The van der Waals surface area contributed by atoms with E-state index >= 15 is 0 Å². The van der Waals surface area contributed by atoms with E-state index in [4.69, 9.17) is 9.25 Å². The molecule has 1 aliphatic heterocycles. The molecule has 2 aromatic rings. The number of nitrogens with zero attached hydrogens (tertiary/aromatic N) is 2. The number of nitrogens with one attached hydrogen (secondary N) is 2. The van der Waals surface area contributed by atoms with Gasteiger partial charge in [0.15, 0.2) is 5.58 Å². The third-order valence-corrected chi connectivity index (χ3v) is 3.66. The van der Waals surface area contributed by atoms with Crippen molar-refractivity contribution in [2.75, 3.05) is 11.9 Å². The molecule has 2 heterocycles. The molecule has 1 aromatic carbocycles. The van der Waals surface area contributed by atoms with Gasteiger partial charge in [-0.2, -0.15) is 0 Å². The van der Waals surface area contributed by atoms with Gasteiger partial charge >= 0.3 is 6.03 Å². The summed E-state index contributed by atoms with van der Waals surface area (Å²) in [6, 6.07) is 5.11. The number of aromatic nitrogens is 1. The van der Waals surface area contributed by atoms with Crippen molar-refractivity contribution in [3.8, 4) is 0 Å². The van der Waals surface area contributed by atoms with Gasteiger partial charge < -0.3 is 19.9 Å². The van der Waals surface area contributed by atoms with Crippen LogP contribution in [-0.4, -0.2) is 29.4 Å². The molecule has 0 saturated carbocycles. The number of hydrogen-bond acceptors (Lipinski definition) is 5. The highest BCUT2D eigenvalue weighted by Gasteiger charge is 2.21. The van der Waals surface area contributed by atoms with Crippen LogP contribution in [0, 0.1) is 0 Å². The number of hydrogen-bond donors (Lipinski definition) is 2. The lowest BCUT2D eigenvalue weighted by atomic mass is 9.97. The van der Waals surface area contributed by atoms with Gasteiger partial charge in [0, 0.05) is 17.5 Å². The van der Waals surface area contributed by atoms with Crippen molar-refractivity contribution in [3.05, 3.63) is 24.1 Å². The third kappa shape index (κ3) is 3.67. The maximum atomic E-state index is 12.0. The van der Waals surface area contributed by atoms with E-state index in [1.807, 2.05) is 33.8 Å². The fourth-order valence-electron chi connectivity index (χ4n) is 2.39. The number of benzene rings is 1. The Kier molecular flexibility index (Phi) is 4.17. The maximum absolute atomic E-state index is 12.0. The molecule has 1 aliphatic rings. The summed E-state index contributed by atoms with van der Waals surface area (Å²) in [5.41, 5.74) is 2.87. The monoisotopic (exact) mass is 330 g/mol. The van der Waals surface area contributed by atoms with E-state index in [0.29, 0.717) is 23.7 Å². The van der Waals surface area contributed by atoms with E-state index < -0.39 is 0 Å². The van der Waals surface area contributed by atoms with Crippen LogP contribution in [-0.2, 0) is 10.3 Å².